The van der Waals surface area contributed by atoms with E-state index in [1.54, 1.807) is 0 Å². The molecule has 1 atom stereocenters. The van der Waals surface area contributed by atoms with Crippen molar-refractivity contribution in [2.45, 2.75) is 77.7 Å². The van der Waals surface area contributed by atoms with Gasteiger partial charge in [0.15, 0.2) is 5.69 Å². The smallest absolute Gasteiger partial charge is 0.274 e. The average Bonchev–Trinajstić information content (AvgIpc) is 3.15. The SMILES string of the molecule is CCCn1nc(C(=O)N2CCCCC2)c2c1CCC(CCCCN1CCOCC1)C2. The number of carbonyl (C=O) groups is 1. The topological polar surface area (TPSA) is 50.6 Å². The van der Waals surface area contributed by atoms with Gasteiger partial charge in [-0.2, -0.15) is 5.10 Å². The lowest BCUT2D eigenvalue weighted by molar-refractivity contribution is 0.0370. The van der Waals surface area contributed by atoms with Gasteiger partial charge in [-0.1, -0.05) is 19.8 Å². The molecule has 0 aromatic carbocycles. The monoisotopic (exact) mass is 416 g/mol. The fourth-order valence-corrected chi connectivity index (χ4v) is 5.41. The number of amides is 1. The van der Waals surface area contributed by atoms with Crippen molar-refractivity contribution in [3.05, 3.63) is 17.0 Å². The Morgan fingerprint density at radius 2 is 1.87 bits per heavy atom. The molecule has 2 saturated heterocycles. The Balaban J connectivity index is 1.36. The third-order valence-corrected chi connectivity index (χ3v) is 7.17. The van der Waals surface area contributed by atoms with Crippen LogP contribution in [-0.2, 0) is 24.1 Å². The molecular formula is C24H40N4O2. The molecule has 2 aliphatic heterocycles. The van der Waals surface area contributed by atoms with Gasteiger partial charge in [0.25, 0.3) is 5.91 Å². The van der Waals surface area contributed by atoms with Gasteiger partial charge >= 0.3 is 0 Å². The summed E-state index contributed by atoms with van der Waals surface area (Å²) in [7, 11) is 0. The van der Waals surface area contributed by atoms with Crippen molar-refractivity contribution in [3.63, 3.8) is 0 Å². The van der Waals surface area contributed by atoms with E-state index >= 15 is 0 Å². The van der Waals surface area contributed by atoms with Gasteiger partial charge in [0.1, 0.15) is 0 Å². The van der Waals surface area contributed by atoms with Crippen LogP contribution in [0.5, 0.6) is 0 Å². The molecule has 30 heavy (non-hydrogen) atoms. The number of aromatic nitrogens is 2. The molecule has 0 N–H and O–H groups in total. The van der Waals surface area contributed by atoms with Crippen molar-refractivity contribution in [3.8, 4) is 0 Å². The second kappa shape index (κ2) is 10.8. The number of hydrogen-bond acceptors (Lipinski definition) is 4. The normalized spacial score (nSPS) is 22.8. The van der Waals surface area contributed by atoms with E-state index in [4.69, 9.17) is 9.84 Å². The molecule has 6 heteroatoms. The number of carbonyl (C=O) groups excluding carboxylic acids is 1. The van der Waals surface area contributed by atoms with Crippen LogP contribution in [0.25, 0.3) is 0 Å². The molecular weight excluding hydrogens is 376 g/mol. The summed E-state index contributed by atoms with van der Waals surface area (Å²) in [5.41, 5.74) is 3.41. The second-order valence-electron chi connectivity index (χ2n) is 9.41. The minimum absolute atomic E-state index is 0.189. The molecule has 1 unspecified atom stereocenters. The third kappa shape index (κ3) is 5.25. The maximum Gasteiger partial charge on any atom is 0.274 e. The molecule has 2 fully saturated rings. The lowest BCUT2D eigenvalue weighted by atomic mass is 9.83. The number of nitrogens with zero attached hydrogens (tertiary/aromatic N) is 4. The van der Waals surface area contributed by atoms with Crippen LogP contribution in [0.15, 0.2) is 0 Å². The number of fused-ring (bicyclic) bond motifs is 1. The number of aryl methyl sites for hydroxylation is 1. The summed E-state index contributed by atoms with van der Waals surface area (Å²) in [5, 5.41) is 4.86. The minimum atomic E-state index is 0.189. The lowest BCUT2D eigenvalue weighted by Gasteiger charge is -2.28. The van der Waals surface area contributed by atoms with E-state index in [0.717, 1.165) is 83.7 Å². The lowest BCUT2D eigenvalue weighted by Crippen LogP contribution is -2.36. The Kier molecular flexibility index (Phi) is 7.83. The average molecular weight is 417 g/mol. The predicted molar refractivity (Wildman–Crippen MR) is 119 cm³/mol. The number of rotatable bonds is 8. The number of hydrogen-bond donors (Lipinski definition) is 0. The molecule has 1 amide bonds. The Bertz CT molecular complexity index is 690. The zero-order valence-corrected chi connectivity index (χ0v) is 18.9. The molecule has 6 nitrogen and oxygen atoms in total. The summed E-state index contributed by atoms with van der Waals surface area (Å²) in [4.78, 5) is 17.9. The van der Waals surface area contributed by atoms with E-state index in [1.165, 1.54) is 49.9 Å². The van der Waals surface area contributed by atoms with E-state index in [1.807, 2.05) is 4.90 Å². The highest BCUT2D eigenvalue weighted by atomic mass is 16.5. The molecule has 4 rings (SSSR count). The molecule has 168 valence electrons. The van der Waals surface area contributed by atoms with Crippen LogP contribution < -0.4 is 0 Å². The van der Waals surface area contributed by atoms with Crippen LogP contribution in [0.2, 0.25) is 0 Å². The number of likely N-dealkylation sites (tertiary alicyclic amines) is 1. The maximum atomic E-state index is 13.3. The largest absolute Gasteiger partial charge is 0.379 e. The van der Waals surface area contributed by atoms with Gasteiger partial charge in [-0.05, 0) is 63.8 Å². The fraction of sp³-hybridized carbons (Fsp3) is 0.833. The number of piperidine rings is 1. The van der Waals surface area contributed by atoms with Crippen LogP contribution in [-0.4, -0.2) is 71.4 Å². The van der Waals surface area contributed by atoms with E-state index in [9.17, 15) is 4.79 Å². The quantitative estimate of drug-likeness (QED) is 0.609. The van der Waals surface area contributed by atoms with Gasteiger partial charge in [-0.25, -0.2) is 0 Å². The van der Waals surface area contributed by atoms with Gasteiger partial charge in [-0.3, -0.25) is 14.4 Å². The highest BCUT2D eigenvalue weighted by molar-refractivity contribution is 5.94. The summed E-state index contributed by atoms with van der Waals surface area (Å²) in [6.07, 6.45) is 11.8. The van der Waals surface area contributed by atoms with Crippen LogP contribution in [0, 0.1) is 5.92 Å². The van der Waals surface area contributed by atoms with Gasteiger partial charge < -0.3 is 9.64 Å². The van der Waals surface area contributed by atoms with E-state index in [2.05, 4.69) is 16.5 Å². The molecule has 3 heterocycles. The molecule has 0 spiro atoms. The zero-order valence-electron chi connectivity index (χ0n) is 18.9. The zero-order chi connectivity index (χ0) is 20.8. The molecule has 1 aliphatic carbocycles. The van der Waals surface area contributed by atoms with Crippen molar-refractivity contribution in [1.82, 2.24) is 19.6 Å². The molecule has 0 bridgehead atoms. The van der Waals surface area contributed by atoms with Crippen molar-refractivity contribution in [2.24, 2.45) is 5.92 Å². The summed E-state index contributed by atoms with van der Waals surface area (Å²) >= 11 is 0. The minimum Gasteiger partial charge on any atom is -0.379 e. The first kappa shape index (κ1) is 21.8. The van der Waals surface area contributed by atoms with Crippen LogP contribution in [0.4, 0.5) is 0 Å². The Hall–Kier alpha value is -1.40. The maximum absolute atomic E-state index is 13.3. The van der Waals surface area contributed by atoms with Crippen LogP contribution in [0.1, 0.15) is 80.0 Å². The standard InChI is InChI=1S/C24H40N4O2/c1-2-11-28-22-10-9-20(8-4-7-12-26-15-17-30-18-16-26)19-21(22)23(25-28)24(29)27-13-5-3-6-14-27/h20H,2-19H2,1H3. The summed E-state index contributed by atoms with van der Waals surface area (Å²) in [6.45, 7) is 10.1. The van der Waals surface area contributed by atoms with Crippen LogP contribution in [0.3, 0.4) is 0 Å². The summed E-state index contributed by atoms with van der Waals surface area (Å²) in [6, 6.07) is 0. The van der Waals surface area contributed by atoms with Gasteiger partial charge in [0.05, 0.1) is 13.2 Å². The van der Waals surface area contributed by atoms with Crippen molar-refractivity contribution in [2.75, 3.05) is 45.9 Å². The van der Waals surface area contributed by atoms with Crippen molar-refractivity contribution in [1.29, 1.82) is 0 Å². The van der Waals surface area contributed by atoms with E-state index in [0.29, 0.717) is 5.92 Å². The van der Waals surface area contributed by atoms with Crippen LogP contribution >= 0.6 is 0 Å². The van der Waals surface area contributed by atoms with Gasteiger partial charge in [-0.15, -0.1) is 0 Å². The molecule has 1 aromatic heterocycles. The van der Waals surface area contributed by atoms with E-state index < -0.39 is 0 Å². The summed E-state index contributed by atoms with van der Waals surface area (Å²) in [5.74, 6) is 0.892. The molecule has 1 aromatic rings. The third-order valence-electron chi connectivity index (χ3n) is 7.17. The fourth-order valence-electron chi connectivity index (χ4n) is 5.41. The Morgan fingerprint density at radius 3 is 2.63 bits per heavy atom. The Labute approximate surface area is 181 Å². The molecule has 3 aliphatic rings. The predicted octanol–water partition coefficient (Wildman–Crippen LogP) is 3.53. The number of unbranched alkanes of at least 4 members (excludes halogenated alkanes) is 1. The van der Waals surface area contributed by atoms with Crippen molar-refractivity contribution < 1.29 is 9.53 Å². The van der Waals surface area contributed by atoms with Crippen molar-refractivity contribution >= 4 is 5.91 Å². The Morgan fingerprint density at radius 1 is 1.07 bits per heavy atom. The summed E-state index contributed by atoms with van der Waals surface area (Å²) < 4.78 is 7.60. The number of ether oxygens (including phenoxy) is 1. The highest BCUT2D eigenvalue weighted by Gasteiger charge is 2.31. The second-order valence-corrected chi connectivity index (χ2v) is 9.41. The van der Waals surface area contributed by atoms with Gasteiger partial charge in [0.2, 0.25) is 0 Å². The first-order valence-corrected chi connectivity index (χ1v) is 12.4. The van der Waals surface area contributed by atoms with E-state index in [-0.39, 0.29) is 5.91 Å². The molecule has 0 saturated carbocycles. The highest BCUT2D eigenvalue weighted by Crippen LogP contribution is 2.32. The molecule has 0 radical (unpaired) electrons. The van der Waals surface area contributed by atoms with Gasteiger partial charge in [0, 0.05) is 44.0 Å². The first-order chi connectivity index (χ1) is 14.8. The first-order valence-electron chi connectivity index (χ1n) is 12.4. The number of morpholine rings is 1.